The van der Waals surface area contributed by atoms with Crippen LogP contribution in [0.4, 0.5) is 5.69 Å². The number of anilines is 1. The number of Topliss-reactive ketones (excluding diaryl/α,β-unsaturated/α-hetero) is 1. The average Bonchev–Trinajstić information content (AvgIpc) is 3.31. The first kappa shape index (κ1) is 21.9. The summed E-state index contributed by atoms with van der Waals surface area (Å²) in [6.45, 7) is 4.42. The van der Waals surface area contributed by atoms with Gasteiger partial charge in [-0.15, -0.1) is 10.2 Å². The summed E-state index contributed by atoms with van der Waals surface area (Å²) < 4.78 is 7.06. The molecule has 8 nitrogen and oxygen atoms in total. The normalized spacial score (nSPS) is 13.8. The Kier molecular flexibility index (Phi) is 6.75. The van der Waals surface area contributed by atoms with E-state index < -0.39 is 0 Å². The van der Waals surface area contributed by atoms with Gasteiger partial charge in [-0.25, -0.2) is 0 Å². The number of hydrogen-bond acceptors (Lipinski definition) is 7. The molecule has 0 N–H and O–H groups in total. The Morgan fingerprint density at radius 3 is 2.25 bits per heavy atom. The molecule has 4 rings (SSSR count). The SMILES string of the molecule is COc1ccc(-n2cnnc2SCC(=O)N2CCN(c3ccc(C(C)=O)cc3)CC2)cc1. The van der Waals surface area contributed by atoms with Gasteiger partial charge in [-0.05, 0) is 55.5 Å². The molecule has 0 bridgehead atoms. The van der Waals surface area contributed by atoms with E-state index in [-0.39, 0.29) is 11.7 Å². The predicted octanol–water partition coefficient (Wildman–Crippen LogP) is 2.92. The van der Waals surface area contributed by atoms with Gasteiger partial charge in [0.2, 0.25) is 5.91 Å². The van der Waals surface area contributed by atoms with Crippen LogP contribution < -0.4 is 9.64 Å². The quantitative estimate of drug-likeness (QED) is 0.404. The van der Waals surface area contributed by atoms with Crippen LogP contribution in [-0.4, -0.2) is 70.4 Å². The first-order valence-corrected chi connectivity index (χ1v) is 11.3. The molecule has 1 aromatic heterocycles. The molecule has 0 radical (unpaired) electrons. The molecule has 2 aromatic carbocycles. The average molecular weight is 452 g/mol. The van der Waals surface area contributed by atoms with Crippen LogP contribution in [0.1, 0.15) is 17.3 Å². The van der Waals surface area contributed by atoms with E-state index in [1.807, 2.05) is 58.0 Å². The second-order valence-electron chi connectivity index (χ2n) is 7.44. The van der Waals surface area contributed by atoms with Crippen LogP contribution in [0.3, 0.4) is 0 Å². The largest absolute Gasteiger partial charge is 0.497 e. The number of rotatable bonds is 7. The summed E-state index contributed by atoms with van der Waals surface area (Å²) in [7, 11) is 1.63. The van der Waals surface area contributed by atoms with Crippen LogP contribution in [-0.2, 0) is 4.79 Å². The highest BCUT2D eigenvalue weighted by Crippen LogP contribution is 2.23. The lowest BCUT2D eigenvalue weighted by molar-refractivity contribution is -0.128. The molecule has 32 heavy (non-hydrogen) atoms. The standard InChI is InChI=1S/C23H25N5O3S/c1-17(29)18-3-5-19(6-4-18)26-11-13-27(14-12-26)22(30)15-32-23-25-24-16-28(23)20-7-9-21(31-2)10-8-20/h3-10,16H,11-15H2,1-2H3. The van der Waals surface area contributed by atoms with Crippen molar-refractivity contribution in [3.05, 3.63) is 60.4 Å². The van der Waals surface area contributed by atoms with Crippen LogP contribution >= 0.6 is 11.8 Å². The Morgan fingerprint density at radius 2 is 1.62 bits per heavy atom. The Balaban J connectivity index is 1.30. The first-order chi connectivity index (χ1) is 15.5. The van der Waals surface area contributed by atoms with Crippen molar-refractivity contribution < 1.29 is 14.3 Å². The molecule has 2 heterocycles. The number of ether oxygens (including phenoxy) is 1. The summed E-state index contributed by atoms with van der Waals surface area (Å²) in [6.07, 6.45) is 1.64. The van der Waals surface area contributed by atoms with E-state index in [0.29, 0.717) is 29.6 Å². The van der Waals surface area contributed by atoms with Crippen LogP contribution in [0, 0.1) is 0 Å². The minimum atomic E-state index is 0.0623. The molecule has 1 aliphatic heterocycles. The lowest BCUT2D eigenvalue weighted by Crippen LogP contribution is -2.49. The summed E-state index contributed by atoms with van der Waals surface area (Å²) in [6, 6.07) is 15.2. The third-order valence-corrected chi connectivity index (χ3v) is 6.39. The zero-order valence-corrected chi connectivity index (χ0v) is 18.9. The van der Waals surface area contributed by atoms with Crippen molar-refractivity contribution in [3.8, 4) is 11.4 Å². The minimum absolute atomic E-state index is 0.0623. The molecule has 0 unspecified atom stereocenters. The van der Waals surface area contributed by atoms with Crippen molar-refractivity contribution in [3.63, 3.8) is 0 Å². The molecule has 1 saturated heterocycles. The van der Waals surface area contributed by atoms with Crippen molar-refractivity contribution in [1.82, 2.24) is 19.7 Å². The van der Waals surface area contributed by atoms with E-state index in [1.165, 1.54) is 11.8 Å². The van der Waals surface area contributed by atoms with Crippen molar-refractivity contribution in [2.75, 3.05) is 43.9 Å². The Labute approximate surface area is 191 Å². The summed E-state index contributed by atoms with van der Waals surface area (Å²) in [5.74, 6) is 1.24. The van der Waals surface area contributed by atoms with Crippen LogP contribution in [0.2, 0.25) is 0 Å². The maximum Gasteiger partial charge on any atom is 0.233 e. The number of hydrogen-bond donors (Lipinski definition) is 0. The highest BCUT2D eigenvalue weighted by Gasteiger charge is 2.22. The van der Waals surface area contributed by atoms with Gasteiger partial charge < -0.3 is 14.5 Å². The molecule has 3 aromatic rings. The number of benzene rings is 2. The van der Waals surface area contributed by atoms with Gasteiger partial charge in [-0.3, -0.25) is 14.2 Å². The van der Waals surface area contributed by atoms with E-state index in [2.05, 4.69) is 15.1 Å². The zero-order chi connectivity index (χ0) is 22.5. The minimum Gasteiger partial charge on any atom is -0.497 e. The van der Waals surface area contributed by atoms with E-state index in [1.54, 1.807) is 20.4 Å². The summed E-state index contributed by atoms with van der Waals surface area (Å²) in [5.41, 5.74) is 2.70. The van der Waals surface area contributed by atoms with Gasteiger partial charge in [0, 0.05) is 43.1 Å². The van der Waals surface area contributed by atoms with E-state index >= 15 is 0 Å². The van der Waals surface area contributed by atoms with Crippen LogP contribution in [0.5, 0.6) is 5.75 Å². The monoisotopic (exact) mass is 451 g/mol. The van der Waals surface area contributed by atoms with Gasteiger partial charge in [0.05, 0.1) is 12.9 Å². The first-order valence-electron chi connectivity index (χ1n) is 10.4. The smallest absolute Gasteiger partial charge is 0.233 e. The van der Waals surface area contributed by atoms with Crippen LogP contribution in [0.15, 0.2) is 60.0 Å². The van der Waals surface area contributed by atoms with E-state index in [9.17, 15) is 9.59 Å². The molecular weight excluding hydrogens is 426 g/mol. The van der Waals surface area contributed by atoms with E-state index in [0.717, 1.165) is 30.2 Å². The van der Waals surface area contributed by atoms with Gasteiger partial charge >= 0.3 is 0 Å². The van der Waals surface area contributed by atoms with Gasteiger partial charge in [0.1, 0.15) is 12.1 Å². The second-order valence-corrected chi connectivity index (χ2v) is 8.38. The number of ketones is 1. The molecule has 0 saturated carbocycles. The van der Waals surface area contributed by atoms with Gasteiger partial charge in [-0.2, -0.15) is 0 Å². The zero-order valence-electron chi connectivity index (χ0n) is 18.1. The fourth-order valence-electron chi connectivity index (χ4n) is 3.58. The highest BCUT2D eigenvalue weighted by molar-refractivity contribution is 7.99. The van der Waals surface area contributed by atoms with Crippen molar-refractivity contribution in [2.24, 2.45) is 0 Å². The molecule has 9 heteroatoms. The number of methoxy groups -OCH3 is 1. The maximum atomic E-state index is 12.8. The number of thioether (sulfide) groups is 1. The molecule has 0 atom stereocenters. The Bertz CT molecular complexity index is 1070. The molecule has 0 spiro atoms. The highest BCUT2D eigenvalue weighted by atomic mass is 32.2. The molecule has 166 valence electrons. The summed E-state index contributed by atoms with van der Waals surface area (Å²) in [5, 5.41) is 8.84. The summed E-state index contributed by atoms with van der Waals surface area (Å²) in [4.78, 5) is 28.3. The van der Waals surface area contributed by atoms with Crippen molar-refractivity contribution in [2.45, 2.75) is 12.1 Å². The maximum absolute atomic E-state index is 12.8. The van der Waals surface area contributed by atoms with E-state index in [4.69, 9.17) is 4.74 Å². The number of aromatic nitrogens is 3. The second kappa shape index (κ2) is 9.86. The van der Waals surface area contributed by atoms with Gasteiger partial charge in [0.15, 0.2) is 10.9 Å². The number of carbonyl (C=O) groups is 2. The Hall–Kier alpha value is -3.33. The number of piperazine rings is 1. The predicted molar refractivity (Wildman–Crippen MR) is 124 cm³/mol. The Morgan fingerprint density at radius 1 is 0.969 bits per heavy atom. The molecule has 0 aliphatic carbocycles. The molecule has 1 amide bonds. The third-order valence-electron chi connectivity index (χ3n) is 5.46. The fourth-order valence-corrected chi connectivity index (χ4v) is 4.41. The van der Waals surface area contributed by atoms with Crippen LogP contribution in [0.25, 0.3) is 5.69 Å². The third kappa shape index (κ3) is 4.94. The number of nitrogens with zero attached hydrogens (tertiary/aromatic N) is 5. The lowest BCUT2D eigenvalue weighted by atomic mass is 10.1. The topological polar surface area (TPSA) is 80.6 Å². The molecular formula is C23H25N5O3S. The number of carbonyl (C=O) groups excluding carboxylic acids is 2. The van der Waals surface area contributed by atoms with Crippen molar-refractivity contribution >= 4 is 29.1 Å². The fraction of sp³-hybridized carbons (Fsp3) is 0.304. The lowest BCUT2D eigenvalue weighted by Gasteiger charge is -2.36. The molecule has 1 fully saturated rings. The molecule has 1 aliphatic rings. The summed E-state index contributed by atoms with van der Waals surface area (Å²) >= 11 is 1.38. The van der Waals surface area contributed by atoms with Gasteiger partial charge in [-0.1, -0.05) is 11.8 Å². The number of amides is 1. The van der Waals surface area contributed by atoms with Gasteiger partial charge in [0.25, 0.3) is 0 Å². The van der Waals surface area contributed by atoms with Crippen molar-refractivity contribution in [1.29, 1.82) is 0 Å².